The number of aliphatic hydroxyl groups excluding tert-OH is 3. The van der Waals surface area contributed by atoms with Crippen LogP contribution in [0.5, 0.6) is 0 Å². The number of anilines is 1. The summed E-state index contributed by atoms with van der Waals surface area (Å²) in [6.07, 6.45) is -2.32. The Morgan fingerprint density at radius 2 is 2.00 bits per heavy atom. The molecule has 4 N–H and O–H groups in total. The Labute approximate surface area is 154 Å². The van der Waals surface area contributed by atoms with Crippen LogP contribution in [0.2, 0.25) is 0 Å². The van der Waals surface area contributed by atoms with Gasteiger partial charge in [-0.05, 0) is 24.6 Å². The van der Waals surface area contributed by atoms with Crippen LogP contribution in [0.3, 0.4) is 0 Å². The van der Waals surface area contributed by atoms with E-state index in [2.05, 4.69) is 10.3 Å². The van der Waals surface area contributed by atoms with Crippen molar-refractivity contribution >= 4 is 11.7 Å². The van der Waals surface area contributed by atoms with Gasteiger partial charge in [-0.1, -0.05) is 25.1 Å². The van der Waals surface area contributed by atoms with Crippen LogP contribution in [0, 0.1) is 0 Å². The molecule has 0 unspecified atom stereocenters. The molecule has 0 bridgehead atoms. The number of nitrogens with one attached hydrogen (secondary N) is 1. The Bertz CT molecular complexity index is 871. The van der Waals surface area contributed by atoms with E-state index in [0.29, 0.717) is 5.56 Å². The van der Waals surface area contributed by atoms with Gasteiger partial charge < -0.3 is 25.4 Å². The van der Waals surface area contributed by atoms with Crippen molar-refractivity contribution in [2.24, 2.45) is 0 Å². The maximum absolute atomic E-state index is 12.5. The Kier molecular flexibility index (Phi) is 5.38. The van der Waals surface area contributed by atoms with Crippen molar-refractivity contribution in [1.82, 2.24) is 9.55 Å². The molecule has 1 aliphatic heterocycles. The molecule has 1 aromatic carbocycles. The first-order chi connectivity index (χ1) is 12.9. The van der Waals surface area contributed by atoms with Crippen LogP contribution in [-0.4, -0.2) is 55.7 Å². The quantitative estimate of drug-likeness (QED) is 0.562. The highest BCUT2D eigenvalue weighted by molar-refractivity contribution is 6.03. The Morgan fingerprint density at radius 3 is 2.56 bits per heavy atom. The van der Waals surface area contributed by atoms with Crippen molar-refractivity contribution in [3.05, 3.63) is 58.6 Å². The summed E-state index contributed by atoms with van der Waals surface area (Å²) in [7, 11) is 0. The van der Waals surface area contributed by atoms with Crippen LogP contribution in [0.25, 0.3) is 0 Å². The fourth-order valence-corrected chi connectivity index (χ4v) is 3.22. The zero-order valence-electron chi connectivity index (χ0n) is 14.6. The summed E-state index contributed by atoms with van der Waals surface area (Å²) in [5.41, 5.74) is -1.91. The van der Waals surface area contributed by atoms with Crippen molar-refractivity contribution in [1.29, 1.82) is 0 Å². The second kappa shape index (κ2) is 7.57. The van der Waals surface area contributed by atoms with Gasteiger partial charge in [0, 0.05) is 11.8 Å². The first-order valence-corrected chi connectivity index (χ1v) is 8.54. The van der Waals surface area contributed by atoms with Crippen LogP contribution >= 0.6 is 0 Å². The third kappa shape index (κ3) is 3.37. The van der Waals surface area contributed by atoms with Crippen molar-refractivity contribution in [2.75, 3.05) is 11.9 Å². The SMILES string of the molecule is CC[C@@]1(n2ccc(NC(=O)c3ccccc3)nc2=O)O[C@H](CO)[C@@H](O)[C@H]1O. The zero-order chi connectivity index (χ0) is 19.6. The average Bonchev–Trinajstić information content (AvgIpc) is 2.94. The lowest BCUT2D eigenvalue weighted by Crippen LogP contribution is -2.50. The third-order valence-electron chi connectivity index (χ3n) is 4.70. The molecule has 4 atom stereocenters. The van der Waals surface area contributed by atoms with Gasteiger partial charge in [-0.2, -0.15) is 4.98 Å². The van der Waals surface area contributed by atoms with E-state index in [1.807, 2.05) is 0 Å². The molecule has 0 spiro atoms. The van der Waals surface area contributed by atoms with E-state index in [1.165, 1.54) is 12.3 Å². The van der Waals surface area contributed by atoms with Crippen molar-refractivity contribution in [2.45, 2.75) is 37.4 Å². The van der Waals surface area contributed by atoms with Crippen LogP contribution < -0.4 is 11.0 Å². The highest BCUT2D eigenvalue weighted by Gasteiger charge is 2.54. The minimum absolute atomic E-state index is 0.0445. The number of hydrogen-bond donors (Lipinski definition) is 4. The molecule has 1 aliphatic rings. The smallest absolute Gasteiger partial charge is 0.351 e. The molecule has 144 valence electrons. The largest absolute Gasteiger partial charge is 0.394 e. The van der Waals surface area contributed by atoms with Gasteiger partial charge in [-0.25, -0.2) is 4.79 Å². The molecular weight excluding hydrogens is 354 g/mol. The number of aromatic nitrogens is 2. The number of aliphatic hydroxyl groups is 3. The molecule has 2 heterocycles. The average molecular weight is 375 g/mol. The van der Waals surface area contributed by atoms with Gasteiger partial charge in [-0.3, -0.25) is 9.36 Å². The number of amides is 1. The van der Waals surface area contributed by atoms with E-state index < -0.39 is 42.2 Å². The van der Waals surface area contributed by atoms with E-state index >= 15 is 0 Å². The molecule has 9 heteroatoms. The molecule has 1 fully saturated rings. The Hall–Kier alpha value is -2.59. The third-order valence-corrected chi connectivity index (χ3v) is 4.70. The van der Waals surface area contributed by atoms with E-state index in [0.717, 1.165) is 4.57 Å². The number of carbonyl (C=O) groups is 1. The zero-order valence-corrected chi connectivity index (χ0v) is 14.6. The minimum atomic E-state index is -1.56. The molecule has 1 saturated heterocycles. The van der Waals surface area contributed by atoms with Gasteiger partial charge in [0.1, 0.15) is 24.1 Å². The highest BCUT2D eigenvalue weighted by Crippen LogP contribution is 2.37. The predicted molar refractivity (Wildman–Crippen MR) is 95.1 cm³/mol. The van der Waals surface area contributed by atoms with Gasteiger partial charge in [-0.15, -0.1) is 0 Å². The van der Waals surface area contributed by atoms with Crippen molar-refractivity contribution in [3.8, 4) is 0 Å². The summed E-state index contributed by atoms with van der Waals surface area (Å²) in [5, 5.41) is 32.3. The van der Waals surface area contributed by atoms with Gasteiger partial charge in [0.15, 0.2) is 5.72 Å². The summed E-state index contributed by atoms with van der Waals surface area (Å²) in [6.45, 7) is 1.17. The van der Waals surface area contributed by atoms with Crippen molar-refractivity contribution in [3.63, 3.8) is 0 Å². The molecule has 0 radical (unpaired) electrons. The van der Waals surface area contributed by atoms with E-state index in [-0.39, 0.29) is 12.2 Å². The molecular formula is C18H21N3O6. The van der Waals surface area contributed by atoms with Gasteiger partial charge in [0.05, 0.1) is 6.61 Å². The summed E-state index contributed by atoms with van der Waals surface area (Å²) in [4.78, 5) is 28.5. The van der Waals surface area contributed by atoms with E-state index in [4.69, 9.17) is 4.74 Å². The second-order valence-corrected chi connectivity index (χ2v) is 6.26. The first kappa shape index (κ1) is 19.2. The number of rotatable bonds is 5. The molecule has 27 heavy (non-hydrogen) atoms. The lowest BCUT2D eigenvalue weighted by Gasteiger charge is -2.32. The Morgan fingerprint density at radius 1 is 1.30 bits per heavy atom. The number of carbonyl (C=O) groups excluding carboxylic acids is 1. The molecule has 9 nitrogen and oxygen atoms in total. The topological polar surface area (TPSA) is 134 Å². The normalized spacial score (nSPS) is 27.5. The Balaban J connectivity index is 1.88. The van der Waals surface area contributed by atoms with Crippen LogP contribution in [0.4, 0.5) is 5.82 Å². The fraction of sp³-hybridized carbons (Fsp3) is 0.389. The summed E-state index contributed by atoms with van der Waals surface area (Å²) >= 11 is 0. The summed E-state index contributed by atoms with van der Waals surface area (Å²) in [6, 6.07) is 9.86. The number of ether oxygens (including phenoxy) is 1. The number of nitrogens with zero attached hydrogens (tertiary/aromatic N) is 2. The summed E-state index contributed by atoms with van der Waals surface area (Å²) in [5.74, 6) is -0.374. The van der Waals surface area contributed by atoms with Crippen LogP contribution in [0.15, 0.2) is 47.4 Å². The second-order valence-electron chi connectivity index (χ2n) is 6.26. The predicted octanol–water partition coefficient (Wildman–Crippen LogP) is -0.329. The van der Waals surface area contributed by atoms with Gasteiger partial charge >= 0.3 is 5.69 Å². The van der Waals surface area contributed by atoms with Crippen LogP contribution in [-0.2, 0) is 10.5 Å². The maximum Gasteiger partial charge on any atom is 0.351 e. The van der Waals surface area contributed by atoms with Gasteiger partial charge in [0.2, 0.25) is 0 Å². The maximum atomic E-state index is 12.5. The molecule has 3 rings (SSSR count). The lowest BCUT2D eigenvalue weighted by atomic mass is 10.00. The lowest BCUT2D eigenvalue weighted by molar-refractivity contribution is -0.152. The number of benzene rings is 1. The van der Waals surface area contributed by atoms with E-state index in [1.54, 1.807) is 37.3 Å². The highest BCUT2D eigenvalue weighted by atomic mass is 16.6. The van der Waals surface area contributed by atoms with Crippen molar-refractivity contribution < 1.29 is 24.9 Å². The van der Waals surface area contributed by atoms with E-state index in [9.17, 15) is 24.9 Å². The molecule has 0 saturated carbocycles. The minimum Gasteiger partial charge on any atom is -0.394 e. The monoisotopic (exact) mass is 375 g/mol. The first-order valence-electron chi connectivity index (χ1n) is 8.54. The molecule has 0 aliphatic carbocycles. The molecule has 1 amide bonds. The number of hydrogen-bond acceptors (Lipinski definition) is 7. The van der Waals surface area contributed by atoms with Gasteiger partial charge in [0.25, 0.3) is 5.91 Å². The standard InChI is InChI=1S/C18H21N3O6/c1-2-18(15(24)14(23)12(10-22)27-18)21-9-8-13(20-17(21)26)19-16(25)11-6-4-3-5-7-11/h3-9,12,14-15,22-24H,2,10H2,1H3,(H,19,20,25,26)/t12-,14-,15-,18-/m1/s1. The summed E-state index contributed by atoms with van der Waals surface area (Å²) < 4.78 is 6.68. The molecule has 2 aromatic rings. The van der Waals surface area contributed by atoms with Crippen LogP contribution in [0.1, 0.15) is 23.7 Å². The fourth-order valence-electron chi connectivity index (χ4n) is 3.22. The molecule has 1 aromatic heterocycles.